The third-order valence-corrected chi connectivity index (χ3v) is 4.51. The van der Waals surface area contributed by atoms with Gasteiger partial charge < -0.3 is 5.32 Å². The van der Waals surface area contributed by atoms with Crippen LogP contribution in [0.3, 0.4) is 0 Å². The fourth-order valence-corrected chi connectivity index (χ4v) is 3.06. The first-order valence-electron chi connectivity index (χ1n) is 7.70. The number of carbonyl (C=O) groups excluding carboxylic acids is 1. The Morgan fingerprint density at radius 1 is 1.27 bits per heavy atom. The van der Waals surface area contributed by atoms with Crippen LogP contribution in [0.2, 0.25) is 0 Å². The van der Waals surface area contributed by atoms with Gasteiger partial charge in [-0.25, -0.2) is 10.4 Å². The number of nitro benzene ring substituents is 1. The van der Waals surface area contributed by atoms with Gasteiger partial charge in [0.25, 0.3) is 11.6 Å². The Morgan fingerprint density at radius 2 is 2.08 bits per heavy atom. The lowest BCUT2D eigenvalue weighted by Gasteiger charge is -2.04. The largest absolute Gasteiger partial charge is 0.352 e. The van der Waals surface area contributed by atoms with E-state index in [1.54, 1.807) is 19.1 Å². The number of para-hydroxylation sites is 1. The highest BCUT2D eigenvalue weighted by atomic mass is 32.1. The number of nitrogens with zero attached hydrogens (tertiary/aromatic N) is 3. The van der Waals surface area contributed by atoms with Crippen LogP contribution in [0, 0.1) is 10.1 Å². The molecule has 1 amide bonds. The molecule has 3 aromatic rings. The molecule has 0 bridgehead atoms. The summed E-state index contributed by atoms with van der Waals surface area (Å²) in [7, 11) is 0. The number of nitrogens with one attached hydrogen (secondary N) is 2. The lowest BCUT2D eigenvalue weighted by Crippen LogP contribution is -2.26. The number of hydrazone groups is 1. The molecule has 0 aliphatic carbocycles. The maximum atomic E-state index is 11.9. The number of nitro groups is 1. The van der Waals surface area contributed by atoms with E-state index in [0.29, 0.717) is 16.4 Å². The zero-order valence-corrected chi connectivity index (χ0v) is 14.6. The standard InChI is InChI=1S/C17H15N5O3S/c1-11(12-5-4-6-13(9-12)22(24)25)20-21-16(23)10-18-17-19-14-7-2-3-8-15(14)26-17/h2-9H,10H2,1H3,(H,18,19)(H,21,23)/b20-11-. The second kappa shape index (κ2) is 7.70. The van der Waals surface area contributed by atoms with Gasteiger partial charge in [-0.3, -0.25) is 14.9 Å². The molecule has 0 aliphatic heterocycles. The number of rotatable bonds is 6. The Bertz CT molecular complexity index is 966. The van der Waals surface area contributed by atoms with Crippen LogP contribution >= 0.6 is 11.3 Å². The van der Waals surface area contributed by atoms with Crippen LogP contribution < -0.4 is 10.7 Å². The van der Waals surface area contributed by atoms with Gasteiger partial charge in [0.15, 0.2) is 5.13 Å². The molecule has 0 atom stereocenters. The number of non-ortho nitro benzene ring substituents is 1. The lowest BCUT2D eigenvalue weighted by atomic mass is 10.1. The van der Waals surface area contributed by atoms with Crippen molar-refractivity contribution in [2.75, 3.05) is 11.9 Å². The maximum Gasteiger partial charge on any atom is 0.270 e. The van der Waals surface area contributed by atoms with Crippen LogP contribution in [0.25, 0.3) is 10.2 Å². The molecule has 1 heterocycles. The minimum atomic E-state index is -0.475. The summed E-state index contributed by atoms with van der Waals surface area (Å²) in [5.74, 6) is -0.339. The van der Waals surface area contributed by atoms with Crippen molar-refractivity contribution < 1.29 is 9.72 Å². The molecule has 8 nitrogen and oxygen atoms in total. The minimum absolute atomic E-state index is 0.0194. The summed E-state index contributed by atoms with van der Waals surface area (Å²) in [4.78, 5) is 26.6. The predicted molar refractivity (Wildman–Crippen MR) is 102 cm³/mol. The van der Waals surface area contributed by atoms with Crippen LogP contribution in [0.15, 0.2) is 53.6 Å². The molecule has 26 heavy (non-hydrogen) atoms. The van der Waals surface area contributed by atoms with Crippen molar-refractivity contribution in [1.82, 2.24) is 10.4 Å². The topological polar surface area (TPSA) is 110 Å². The summed E-state index contributed by atoms with van der Waals surface area (Å²) < 4.78 is 1.04. The average Bonchev–Trinajstić information content (AvgIpc) is 3.07. The van der Waals surface area contributed by atoms with E-state index in [2.05, 4.69) is 20.8 Å². The summed E-state index contributed by atoms with van der Waals surface area (Å²) in [6.45, 7) is 1.69. The summed E-state index contributed by atoms with van der Waals surface area (Å²) >= 11 is 1.46. The number of hydrogen-bond acceptors (Lipinski definition) is 7. The third kappa shape index (κ3) is 4.19. The van der Waals surface area contributed by atoms with Gasteiger partial charge in [-0.05, 0) is 19.1 Å². The quantitative estimate of drug-likeness (QED) is 0.394. The Labute approximate surface area is 152 Å². The zero-order valence-electron chi connectivity index (χ0n) is 13.8. The lowest BCUT2D eigenvalue weighted by molar-refractivity contribution is -0.384. The van der Waals surface area contributed by atoms with Gasteiger partial charge in [-0.1, -0.05) is 35.6 Å². The third-order valence-electron chi connectivity index (χ3n) is 3.52. The van der Waals surface area contributed by atoms with Crippen molar-refractivity contribution in [2.45, 2.75) is 6.92 Å². The molecule has 132 valence electrons. The molecule has 0 saturated heterocycles. The number of carbonyl (C=O) groups is 1. The molecule has 2 N–H and O–H groups in total. The summed E-state index contributed by atoms with van der Waals surface area (Å²) in [5, 5.41) is 18.4. The van der Waals surface area contributed by atoms with Gasteiger partial charge in [0, 0.05) is 17.7 Å². The molecule has 1 aromatic heterocycles. The van der Waals surface area contributed by atoms with Crippen LogP contribution in [0.5, 0.6) is 0 Å². The van der Waals surface area contributed by atoms with E-state index in [4.69, 9.17) is 0 Å². The van der Waals surface area contributed by atoms with Crippen LogP contribution in [0.1, 0.15) is 12.5 Å². The predicted octanol–water partition coefficient (Wildman–Crippen LogP) is 3.16. The number of thiazole rings is 1. The van der Waals surface area contributed by atoms with E-state index in [0.717, 1.165) is 10.2 Å². The first-order valence-corrected chi connectivity index (χ1v) is 8.52. The van der Waals surface area contributed by atoms with Gasteiger partial charge in [0.2, 0.25) is 0 Å². The van der Waals surface area contributed by atoms with Crippen molar-refractivity contribution in [3.05, 3.63) is 64.2 Å². The molecule has 0 saturated carbocycles. The van der Waals surface area contributed by atoms with Crippen molar-refractivity contribution >= 4 is 44.0 Å². The van der Waals surface area contributed by atoms with E-state index in [1.165, 1.54) is 23.5 Å². The zero-order chi connectivity index (χ0) is 18.5. The fourth-order valence-electron chi connectivity index (χ4n) is 2.20. The van der Waals surface area contributed by atoms with Gasteiger partial charge in [-0.15, -0.1) is 0 Å². The van der Waals surface area contributed by atoms with Crippen molar-refractivity contribution in [3.63, 3.8) is 0 Å². The van der Waals surface area contributed by atoms with Gasteiger partial charge >= 0.3 is 0 Å². The molecule has 0 fully saturated rings. The Hall–Kier alpha value is -3.33. The molecule has 2 aromatic carbocycles. The molecule has 0 unspecified atom stereocenters. The van der Waals surface area contributed by atoms with E-state index in [1.807, 2.05) is 24.3 Å². The van der Waals surface area contributed by atoms with Crippen molar-refractivity contribution in [1.29, 1.82) is 0 Å². The van der Waals surface area contributed by atoms with Crippen molar-refractivity contribution in [3.8, 4) is 0 Å². The van der Waals surface area contributed by atoms with Crippen molar-refractivity contribution in [2.24, 2.45) is 5.10 Å². The highest BCUT2D eigenvalue weighted by Gasteiger charge is 2.08. The number of fused-ring (bicyclic) bond motifs is 1. The Morgan fingerprint density at radius 3 is 2.85 bits per heavy atom. The van der Waals surface area contributed by atoms with E-state index < -0.39 is 4.92 Å². The maximum absolute atomic E-state index is 11.9. The van der Waals surface area contributed by atoms with Gasteiger partial charge in [0.05, 0.1) is 27.4 Å². The smallest absolute Gasteiger partial charge is 0.270 e. The Kier molecular flexibility index (Phi) is 5.18. The van der Waals surface area contributed by atoms with Crippen LogP contribution in [0.4, 0.5) is 10.8 Å². The molecule has 0 aliphatic rings. The first kappa shape index (κ1) is 17.5. The molecule has 9 heteroatoms. The van der Waals surface area contributed by atoms with E-state index in [-0.39, 0.29) is 18.1 Å². The molecule has 3 rings (SSSR count). The van der Waals surface area contributed by atoms with Gasteiger partial charge in [0.1, 0.15) is 0 Å². The SMILES string of the molecule is C/C(=N/NC(=O)CNc1nc2ccccc2s1)c1cccc([N+](=O)[O-])c1. The monoisotopic (exact) mass is 369 g/mol. The second-order valence-corrected chi connectivity index (χ2v) is 6.41. The highest BCUT2D eigenvalue weighted by molar-refractivity contribution is 7.22. The number of amides is 1. The molecule has 0 radical (unpaired) electrons. The number of hydrogen-bond donors (Lipinski definition) is 2. The Balaban J connectivity index is 1.58. The average molecular weight is 369 g/mol. The van der Waals surface area contributed by atoms with E-state index in [9.17, 15) is 14.9 Å². The number of aromatic nitrogens is 1. The summed E-state index contributed by atoms with van der Waals surface area (Å²) in [5.41, 5.74) is 4.32. The molecular weight excluding hydrogens is 354 g/mol. The van der Waals surface area contributed by atoms with E-state index >= 15 is 0 Å². The van der Waals surface area contributed by atoms with Crippen LogP contribution in [-0.4, -0.2) is 28.1 Å². The van der Waals surface area contributed by atoms with Crippen LogP contribution in [-0.2, 0) is 4.79 Å². The normalized spacial score (nSPS) is 11.3. The summed E-state index contributed by atoms with van der Waals surface area (Å²) in [6.07, 6.45) is 0. The van der Waals surface area contributed by atoms with Gasteiger partial charge in [-0.2, -0.15) is 5.10 Å². The number of benzene rings is 2. The second-order valence-electron chi connectivity index (χ2n) is 5.38. The minimum Gasteiger partial charge on any atom is -0.352 e. The highest BCUT2D eigenvalue weighted by Crippen LogP contribution is 2.24. The molecule has 0 spiro atoms. The first-order chi connectivity index (χ1) is 12.5. The number of anilines is 1. The fraction of sp³-hybridized carbons (Fsp3) is 0.118. The molecular formula is C17H15N5O3S. The summed E-state index contributed by atoms with van der Waals surface area (Å²) in [6, 6.07) is 13.8.